The van der Waals surface area contributed by atoms with Gasteiger partial charge in [-0.1, -0.05) is 28.1 Å². The van der Waals surface area contributed by atoms with Gasteiger partial charge in [-0.05, 0) is 12.1 Å². The zero-order valence-corrected chi connectivity index (χ0v) is 12.9. The Morgan fingerprint density at radius 2 is 2.05 bits per heavy atom. The highest BCUT2D eigenvalue weighted by Gasteiger charge is 2.11. The Morgan fingerprint density at radius 1 is 1.20 bits per heavy atom. The fourth-order valence-corrected chi connectivity index (χ4v) is 2.85. The molecule has 0 N–H and O–H groups in total. The van der Waals surface area contributed by atoms with E-state index in [0.717, 1.165) is 55.3 Å². The van der Waals surface area contributed by atoms with Gasteiger partial charge < -0.3 is 9.30 Å². The number of hydrogen-bond donors (Lipinski definition) is 0. The highest BCUT2D eigenvalue weighted by atomic mass is 79.9. The van der Waals surface area contributed by atoms with Crippen molar-refractivity contribution in [2.75, 3.05) is 32.8 Å². The van der Waals surface area contributed by atoms with Crippen molar-refractivity contribution >= 4 is 15.9 Å². The molecule has 106 valence electrons. The predicted octanol–water partition coefficient (Wildman–Crippen LogP) is 2.64. The first-order valence-electron chi connectivity index (χ1n) is 6.90. The van der Waals surface area contributed by atoms with Gasteiger partial charge in [0.1, 0.15) is 5.82 Å². The van der Waals surface area contributed by atoms with Crippen LogP contribution >= 0.6 is 15.9 Å². The van der Waals surface area contributed by atoms with Crippen molar-refractivity contribution in [3.63, 3.8) is 0 Å². The van der Waals surface area contributed by atoms with Crippen LogP contribution in [0.4, 0.5) is 0 Å². The summed E-state index contributed by atoms with van der Waals surface area (Å²) in [4.78, 5) is 6.93. The Kier molecular flexibility index (Phi) is 4.50. The molecule has 20 heavy (non-hydrogen) atoms. The molecule has 0 atom stereocenters. The number of aromatic nitrogens is 2. The minimum atomic E-state index is 0.850. The van der Waals surface area contributed by atoms with Crippen LogP contribution < -0.4 is 0 Å². The van der Waals surface area contributed by atoms with E-state index in [1.165, 1.54) is 0 Å². The number of ether oxygens (including phenoxy) is 1. The molecule has 1 aromatic heterocycles. The molecule has 0 unspecified atom stereocenters. The first-order valence-corrected chi connectivity index (χ1v) is 7.69. The van der Waals surface area contributed by atoms with Gasteiger partial charge in [0.25, 0.3) is 0 Å². The van der Waals surface area contributed by atoms with Gasteiger partial charge in [0.05, 0.1) is 13.2 Å². The number of rotatable bonds is 4. The number of morpholine rings is 1. The summed E-state index contributed by atoms with van der Waals surface area (Å²) in [6, 6.07) is 8.27. The number of benzene rings is 1. The van der Waals surface area contributed by atoms with Crippen LogP contribution in [0, 0.1) is 0 Å². The van der Waals surface area contributed by atoms with Crippen molar-refractivity contribution in [1.29, 1.82) is 0 Å². The van der Waals surface area contributed by atoms with Gasteiger partial charge >= 0.3 is 0 Å². The lowest BCUT2D eigenvalue weighted by Gasteiger charge is -2.26. The van der Waals surface area contributed by atoms with Crippen molar-refractivity contribution in [3.05, 3.63) is 41.1 Å². The summed E-state index contributed by atoms with van der Waals surface area (Å²) >= 11 is 3.51. The van der Waals surface area contributed by atoms with Crippen LogP contribution in [0.5, 0.6) is 0 Å². The third-order valence-corrected chi connectivity index (χ3v) is 4.05. The van der Waals surface area contributed by atoms with Crippen LogP contribution in [0.3, 0.4) is 0 Å². The van der Waals surface area contributed by atoms with E-state index in [-0.39, 0.29) is 0 Å². The molecule has 4 nitrogen and oxygen atoms in total. The highest BCUT2D eigenvalue weighted by molar-refractivity contribution is 9.10. The van der Waals surface area contributed by atoms with Gasteiger partial charge in [0, 0.05) is 48.6 Å². The van der Waals surface area contributed by atoms with Crippen molar-refractivity contribution in [2.45, 2.75) is 6.54 Å². The summed E-state index contributed by atoms with van der Waals surface area (Å²) < 4.78 is 8.68. The lowest BCUT2D eigenvalue weighted by molar-refractivity contribution is 0.0364. The maximum absolute atomic E-state index is 5.38. The van der Waals surface area contributed by atoms with Crippen LogP contribution in [-0.2, 0) is 11.3 Å². The smallest absolute Gasteiger partial charge is 0.139 e. The molecule has 0 saturated carbocycles. The summed E-state index contributed by atoms with van der Waals surface area (Å²) in [5, 5.41) is 0. The lowest BCUT2D eigenvalue weighted by Crippen LogP contribution is -2.38. The molecule has 0 bridgehead atoms. The average molecular weight is 336 g/mol. The monoisotopic (exact) mass is 335 g/mol. The van der Waals surface area contributed by atoms with E-state index in [1.807, 2.05) is 18.3 Å². The van der Waals surface area contributed by atoms with Crippen LogP contribution in [0.1, 0.15) is 0 Å². The second-order valence-electron chi connectivity index (χ2n) is 4.91. The maximum Gasteiger partial charge on any atom is 0.139 e. The van der Waals surface area contributed by atoms with E-state index in [0.29, 0.717) is 0 Å². The second-order valence-corrected chi connectivity index (χ2v) is 5.82. The van der Waals surface area contributed by atoms with Gasteiger partial charge in [-0.15, -0.1) is 0 Å². The van der Waals surface area contributed by atoms with Gasteiger partial charge in [-0.3, -0.25) is 4.90 Å². The second kappa shape index (κ2) is 6.52. The molecule has 3 rings (SSSR count). The number of hydrogen-bond acceptors (Lipinski definition) is 3. The first-order chi connectivity index (χ1) is 9.83. The fraction of sp³-hybridized carbons (Fsp3) is 0.400. The molecule has 2 heterocycles. The largest absolute Gasteiger partial charge is 0.379 e. The molecule has 0 aliphatic carbocycles. The minimum absolute atomic E-state index is 0.850. The zero-order valence-electron chi connectivity index (χ0n) is 11.3. The highest BCUT2D eigenvalue weighted by Crippen LogP contribution is 2.21. The molecular weight excluding hydrogens is 318 g/mol. The van der Waals surface area contributed by atoms with Gasteiger partial charge in [-0.25, -0.2) is 4.98 Å². The molecule has 1 saturated heterocycles. The Morgan fingerprint density at radius 3 is 2.85 bits per heavy atom. The summed E-state index contributed by atoms with van der Waals surface area (Å²) in [6.07, 6.45) is 3.92. The Balaban J connectivity index is 1.70. The van der Waals surface area contributed by atoms with E-state index >= 15 is 0 Å². The molecule has 1 fully saturated rings. The molecular formula is C15H18BrN3O. The van der Waals surface area contributed by atoms with E-state index in [9.17, 15) is 0 Å². The number of halogens is 1. The Hall–Kier alpha value is -1.17. The first kappa shape index (κ1) is 13.8. The molecule has 1 aromatic carbocycles. The third kappa shape index (κ3) is 3.29. The molecule has 5 heteroatoms. The predicted molar refractivity (Wildman–Crippen MR) is 82.6 cm³/mol. The molecule has 2 aromatic rings. The number of imidazole rings is 1. The number of nitrogens with zero attached hydrogens (tertiary/aromatic N) is 3. The Labute approximate surface area is 127 Å². The van der Waals surface area contributed by atoms with Crippen molar-refractivity contribution in [3.8, 4) is 11.4 Å². The molecule has 1 aliphatic heterocycles. The SMILES string of the molecule is Brc1cccc(-c2nccn2CCN2CCOCC2)c1. The quantitative estimate of drug-likeness (QED) is 0.860. The minimum Gasteiger partial charge on any atom is -0.379 e. The van der Waals surface area contributed by atoms with Gasteiger partial charge in [0.2, 0.25) is 0 Å². The van der Waals surface area contributed by atoms with Crippen molar-refractivity contribution < 1.29 is 4.74 Å². The summed E-state index contributed by atoms with van der Waals surface area (Å²) in [5.74, 6) is 1.03. The average Bonchev–Trinajstić information content (AvgIpc) is 2.95. The molecule has 0 radical (unpaired) electrons. The standard InChI is InChI=1S/C15H18BrN3O/c16-14-3-1-2-13(12-14)15-17-4-5-19(15)7-6-18-8-10-20-11-9-18/h1-5,12H,6-11H2. The topological polar surface area (TPSA) is 30.3 Å². The van der Waals surface area contributed by atoms with Crippen LogP contribution in [0.15, 0.2) is 41.1 Å². The fourth-order valence-electron chi connectivity index (χ4n) is 2.45. The summed E-state index contributed by atoms with van der Waals surface area (Å²) in [5.41, 5.74) is 1.14. The van der Waals surface area contributed by atoms with E-state index in [2.05, 4.69) is 48.7 Å². The normalized spacial score (nSPS) is 16.4. The van der Waals surface area contributed by atoms with Gasteiger partial charge in [0.15, 0.2) is 0 Å². The van der Waals surface area contributed by atoms with Crippen LogP contribution in [0.25, 0.3) is 11.4 Å². The third-order valence-electron chi connectivity index (χ3n) is 3.56. The van der Waals surface area contributed by atoms with Crippen LogP contribution in [-0.4, -0.2) is 47.3 Å². The zero-order chi connectivity index (χ0) is 13.8. The molecule has 0 amide bonds. The van der Waals surface area contributed by atoms with Crippen LogP contribution in [0.2, 0.25) is 0 Å². The molecule has 1 aliphatic rings. The maximum atomic E-state index is 5.38. The van der Waals surface area contributed by atoms with E-state index in [4.69, 9.17) is 4.74 Å². The van der Waals surface area contributed by atoms with Crippen molar-refractivity contribution in [2.24, 2.45) is 0 Å². The van der Waals surface area contributed by atoms with Gasteiger partial charge in [-0.2, -0.15) is 0 Å². The van der Waals surface area contributed by atoms with E-state index in [1.54, 1.807) is 0 Å². The molecule has 0 spiro atoms. The van der Waals surface area contributed by atoms with E-state index < -0.39 is 0 Å². The Bertz CT molecular complexity index is 564. The summed E-state index contributed by atoms with van der Waals surface area (Å²) in [7, 11) is 0. The van der Waals surface area contributed by atoms with Crippen molar-refractivity contribution in [1.82, 2.24) is 14.5 Å². The summed E-state index contributed by atoms with van der Waals surface area (Å²) in [6.45, 7) is 5.76. The lowest BCUT2D eigenvalue weighted by atomic mass is 10.2.